The van der Waals surface area contributed by atoms with Gasteiger partial charge in [-0.2, -0.15) is 0 Å². The third-order valence-corrected chi connectivity index (χ3v) is 3.49. The van der Waals surface area contributed by atoms with Crippen LogP contribution in [0.2, 0.25) is 0 Å². The third-order valence-electron chi connectivity index (χ3n) is 3.49. The summed E-state index contributed by atoms with van der Waals surface area (Å²) in [7, 11) is 0. The number of nitrogens with one attached hydrogen (secondary N) is 1. The van der Waals surface area contributed by atoms with Gasteiger partial charge in [-0.15, -0.1) is 0 Å². The molecular weight excluding hydrogens is 267 g/mol. The highest BCUT2D eigenvalue weighted by atomic mass is 19.1. The van der Waals surface area contributed by atoms with E-state index in [1.807, 2.05) is 37.3 Å². The lowest BCUT2D eigenvalue weighted by Crippen LogP contribution is -2.49. The Morgan fingerprint density at radius 2 is 1.90 bits per heavy atom. The molecule has 4 heteroatoms. The summed E-state index contributed by atoms with van der Waals surface area (Å²) in [6.07, 6.45) is 0.125. The molecule has 0 heterocycles. The highest BCUT2D eigenvalue weighted by Gasteiger charge is 2.26. The lowest BCUT2D eigenvalue weighted by atomic mass is 9.91. The van der Waals surface area contributed by atoms with E-state index in [4.69, 9.17) is 5.73 Å². The molecule has 2 aromatic carbocycles. The van der Waals surface area contributed by atoms with Gasteiger partial charge in [0.2, 0.25) is 5.91 Å². The Balaban J connectivity index is 2.10. The molecule has 3 nitrogen and oxygen atoms in total. The van der Waals surface area contributed by atoms with E-state index in [9.17, 15) is 9.18 Å². The molecule has 0 fully saturated rings. The van der Waals surface area contributed by atoms with E-state index in [-0.39, 0.29) is 24.7 Å². The molecule has 0 aromatic heterocycles. The number of nitrogens with two attached hydrogens (primary N) is 1. The van der Waals surface area contributed by atoms with Crippen molar-refractivity contribution in [1.82, 2.24) is 5.32 Å². The number of carbonyl (C=O) groups excluding carboxylic acids is 1. The first-order valence-corrected chi connectivity index (χ1v) is 6.84. The number of amides is 1. The molecule has 110 valence electrons. The zero-order valence-corrected chi connectivity index (χ0v) is 12.0. The van der Waals surface area contributed by atoms with Crippen LogP contribution in [0.3, 0.4) is 0 Å². The van der Waals surface area contributed by atoms with Crippen LogP contribution in [0.5, 0.6) is 0 Å². The second-order valence-corrected chi connectivity index (χ2v) is 5.26. The Hall–Kier alpha value is -2.20. The van der Waals surface area contributed by atoms with Gasteiger partial charge in [-0.1, -0.05) is 42.5 Å². The number of rotatable bonds is 5. The van der Waals surface area contributed by atoms with Crippen molar-refractivity contribution < 1.29 is 9.18 Å². The quantitative estimate of drug-likeness (QED) is 0.886. The lowest BCUT2D eigenvalue weighted by Gasteiger charge is -2.30. The minimum Gasteiger partial charge on any atom is -0.345 e. The molecule has 1 unspecified atom stereocenters. The van der Waals surface area contributed by atoms with Gasteiger partial charge in [0, 0.05) is 6.54 Å². The van der Waals surface area contributed by atoms with E-state index in [1.165, 1.54) is 12.1 Å². The van der Waals surface area contributed by atoms with Crippen molar-refractivity contribution >= 4 is 5.91 Å². The molecule has 3 N–H and O–H groups in total. The monoisotopic (exact) mass is 286 g/mol. The summed E-state index contributed by atoms with van der Waals surface area (Å²) in [6, 6.07) is 15.6. The molecule has 0 saturated heterocycles. The van der Waals surface area contributed by atoms with Crippen LogP contribution in [0.4, 0.5) is 4.39 Å². The highest BCUT2D eigenvalue weighted by Crippen LogP contribution is 2.19. The van der Waals surface area contributed by atoms with Crippen LogP contribution in [-0.4, -0.2) is 12.5 Å². The van der Waals surface area contributed by atoms with Gasteiger partial charge in [-0.25, -0.2) is 4.39 Å². The SMILES string of the molecule is CC(CN)(NC(=O)Cc1cccc(F)c1)c1ccccc1. The topological polar surface area (TPSA) is 55.1 Å². The zero-order chi connectivity index (χ0) is 15.3. The summed E-state index contributed by atoms with van der Waals surface area (Å²) in [5.74, 6) is -0.526. The fraction of sp³-hybridized carbons (Fsp3) is 0.235. The minimum absolute atomic E-state index is 0.125. The van der Waals surface area contributed by atoms with E-state index in [0.717, 1.165) is 5.56 Å². The van der Waals surface area contributed by atoms with Gasteiger partial charge in [0.05, 0.1) is 12.0 Å². The largest absolute Gasteiger partial charge is 0.345 e. The van der Waals surface area contributed by atoms with Gasteiger partial charge in [-0.05, 0) is 30.2 Å². The van der Waals surface area contributed by atoms with Crippen molar-refractivity contribution in [3.05, 3.63) is 71.5 Å². The van der Waals surface area contributed by atoms with Crippen LogP contribution in [0.25, 0.3) is 0 Å². The van der Waals surface area contributed by atoms with Crippen LogP contribution < -0.4 is 11.1 Å². The van der Waals surface area contributed by atoms with Crippen LogP contribution in [0.1, 0.15) is 18.1 Å². The number of halogens is 1. The van der Waals surface area contributed by atoms with Gasteiger partial charge < -0.3 is 11.1 Å². The summed E-state index contributed by atoms with van der Waals surface area (Å²) in [4.78, 5) is 12.2. The normalized spacial score (nSPS) is 13.5. The van der Waals surface area contributed by atoms with Crippen LogP contribution in [-0.2, 0) is 16.8 Å². The Morgan fingerprint density at radius 3 is 2.52 bits per heavy atom. The van der Waals surface area contributed by atoms with Crippen molar-refractivity contribution in [2.45, 2.75) is 18.9 Å². The molecule has 0 aliphatic rings. The Bertz CT molecular complexity index is 615. The molecule has 2 aromatic rings. The van der Waals surface area contributed by atoms with Crippen molar-refractivity contribution in [2.75, 3.05) is 6.54 Å². The third kappa shape index (κ3) is 3.89. The number of hydrogen-bond donors (Lipinski definition) is 2. The van der Waals surface area contributed by atoms with Gasteiger partial charge in [0.25, 0.3) is 0 Å². The molecular formula is C17H19FN2O. The Morgan fingerprint density at radius 1 is 1.19 bits per heavy atom. The maximum Gasteiger partial charge on any atom is 0.225 e. The molecule has 21 heavy (non-hydrogen) atoms. The second kappa shape index (κ2) is 6.50. The summed E-state index contributed by atoms with van der Waals surface area (Å²) in [6.45, 7) is 2.16. The first kappa shape index (κ1) is 15.2. The molecule has 0 aliphatic carbocycles. The predicted molar refractivity (Wildman–Crippen MR) is 81.1 cm³/mol. The van der Waals surface area contributed by atoms with E-state index < -0.39 is 5.54 Å². The lowest BCUT2D eigenvalue weighted by molar-refractivity contribution is -0.122. The second-order valence-electron chi connectivity index (χ2n) is 5.26. The molecule has 0 aliphatic heterocycles. The van der Waals surface area contributed by atoms with Gasteiger partial charge >= 0.3 is 0 Å². The molecule has 1 atom stereocenters. The molecule has 0 saturated carbocycles. The van der Waals surface area contributed by atoms with Crippen LogP contribution >= 0.6 is 0 Å². The van der Waals surface area contributed by atoms with Crippen LogP contribution in [0, 0.1) is 5.82 Å². The first-order chi connectivity index (χ1) is 10.0. The Labute approximate surface area is 124 Å². The van der Waals surface area contributed by atoms with Crippen LogP contribution in [0.15, 0.2) is 54.6 Å². The summed E-state index contributed by atoms with van der Waals surface area (Å²) < 4.78 is 13.1. The first-order valence-electron chi connectivity index (χ1n) is 6.84. The molecule has 1 amide bonds. The van der Waals surface area contributed by atoms with Crippen molar-refractivity contribution in [3.8, 4) is 0 Å². The molecule has 0 bridgehead atoms. The van der Waals surface area contributed by atoms with Crippen molar-refractivity contribution in [2.24, 2.45) is 5.73 Å². The maximum absolute atomic E-state index is 13.1. The number of carbonyl (C=O) groups is 1. The predicted octanol–water partition coefficient (Wildman–Crippen LogP) is 2.36. The maximum atomic E-state index is 13.1. The summed E-state index contributed by atoms with van der Waals surface area (Å²) >= 11 is 0. The van der Waals surface area contributed by atoms with Crippen molar-refractivity contribution in [3.63, 3.8) is 0 Å². The summed E-state index contributed by atoms with van der Waals surface area (Å²) in [5.41, 5.74) is 6.78. The molecule has 0 radical (unpaired) electrons. The number of hydrogen-bond acceptors (Lipinski definition) is 2. The fourth-order valence-corrected chi connectivity index (χ4v) is 2.23. The van der Waals surface area contributed by atoms with Crippen molar-refractivity contribution in [1.29, 1.82) is 0 Å². The average molecular weight is 286 g/mol. The van der Waals surface area contributed by atoms with Gasteiger partial charge in [0.15, 0.2) is 0 Å². The zero-order valence-electron chi connectivity index (χ0n) is 12.0. The molecule has 2 rings (SSSR count). The Kier molecular flexibility index (Phi) is 4.70. The molecule has 0 spiro atoms. The minimum atomic E-state index is -0.633. The smallest absolute Gasteiger partial charge is 0.225 e. The van der Waals surface area contributed by atoms with E-state index in [0.29, 0.717) is 5.56 Å². The van der Waals surface area contributed by atoms with E-state index in [2.05, 4.69) is 5.32 Å². The van der Waals surface area contributed by atoms with Gasteiger partial charge in [0.1, 0.15) is 5.82 Å². The summed E-state index contributed by atoms with van der Waals surface area (Å²) in [5, 5.41) is 2.94. The fourth-order valence-electron chi connectivity index (χ4n) is 2.23. The van der Waals surface area contributed by atoms with E-state index in [1.54, 1.807) is 12.1 Å². The number of benzene rings is 2. The highest BCUT2D eigenvalue weighted by molar-refractivity contribution is 5.79. The van der Waals surface area contributed by atoms with Gasteiger partial charge in [-0.3, -0.25) is 4.79 Å². The standard InChI is InChI=1S/C17H19FN2O/c1-17(12-19,14-7-3-2-4-8-14)20-16(21)11-13-6-5-9-15(18)10-13/h2-10H,11-12,19H2,1H3,(H,20,21). The van der Waals surface area contributed by atoms with E-state index >= 15 is 0 Å². The average Bonchev–Trinajstić information content (AvgIpc) is 2.48.